The van der Waals surface area contributed by atoms with Crippen molar-refractivity contribution < 1.29 is 9.59 Å². The summed E-state index contributed by atoms with van der Waals surface area (Å²) >= 11 is 0. The van der Waals surface area contributed by atoms with Crippen molar-refractivity contribution in [3.05, 3.63) is 54.4 Å². The van der Waals surface area contributed by atoms with Gasteiger partial charge in [0.1, 0.15) is 6.04 Å². The first kappa shape index (κ1) is 20.6. The summed E-state index contributed by atoms with van der Waals surface area (Å²) < 4.78 is 0. The second-order valence-corrected chi connectivity index (χ2v) is 8.56. The summed E-state index contributed by atoms with van der Waals surface area (Å²) in [5.41, 5.74) is 2.56. The molecule has 5 heteroatoms. The van der Waals surface area contributed by atoms with E-state index in [0.717, 1.165) is 42.9 Å². The minimum Gasteiger partial charge on any atom is -0.354 e. The molecule has 30 heavy (non-hydrogen) atoms. The van der Waals surface area contributed by atoms with Gasteiger partial charge >= 0.3 is 0 Å². The summed E-state index contributed by atoms with van der Waals surface area (Å²) in [6, 6.07) is 11.1. The lowest BCUT2D eigenvalue weighted by molar-refractivity contribution is -0.124. The van der Waals surface area contributed by atoms with Gasteiger partial charge in [-0.2, -0.15) is 0 Å². The summed E-state index contributed by atoms with van der Waals surface area (Å²) in [5.74, 6) is 0.682. The average molecular weight is 406 g/mol. The molecular weight excluding hydrogens is 374 g/mol. The molecule has 1 aromatic heterocycles. The molecule has 1 aromatic carbocycles. The first-order valence-corrected chi connectivity index (χ1v) is 11.3. The lowest BCUT2D eigenvalue weighted by Crippen LogP contribution is -2.46. The molecule has 1 N–H and O–H groups in total. The quantitative estimate of drug-likeness (QED) is 0.773. The van der Waals surface area contributed by atoms with E-state index in [9.17, 15) is 9.59 Å². The number of pyridine rings is 1. The molecule has 2 aliphatic rings. The van der Waals surface area contributed by atoms with Crippen molar-refractivity contribution in [3.63, 3.8) is 0 Å². The van der Waals surface area contributed by atoms with Crippen LogP contribution in [0.25, 0.3) is 11.1 Å². The second kappa shape index (κ2) is 9.88. The van der Waals surface area contributed by atoms with Crippen LogP contribution >= 0.6 is 0 Å². The first-order chi connectivity index (χ1) is 14.7. The summed E-state index contributed by atoms with van der Waals surface area (Å²) in [5, 5.41) is 3.10. The summed E-state index contributed by atoms with van der Waals surface area (Å²) in [4.78, 5) is 31.9. The maximum absolute atomic E-state index is 13.2. The molecule has 158 valence electrons. The van der Waals surface area contributed by atoms with Crippen molar-refractivity contribution in [2.45, 2.75) is 57.4 Å². The van der Waals surface area contributed by atoms with Crippen molar-refractivity contribution in [1.29, 1.82) is 0 Å². The number of nitrogens with zero attached hydrogens (tertiary/aromatic N) is 2. The zero-order valence-electron chi connectivity index (χ0n) is 17.6. The van der Waals surface area contributed by atoms with Crippen molar-refractivity contribution in [1.82, 2.24) is 15.2 Å². The van der Waals surface area contributed by atoms with Crippen LogP contribution in [0, 0.1) is 5.92 Å². The highest BCUT2D eigenvalue weighted by atomic mass is 16.2. The maximum Gasteiger partial charge on any atom is 0.254 e. The van der Waals surface area contributed by atoms with E-state index in [4.69, 9.17) is 0 Å². The molecule has 2 fully saturated rings. The van der Waals surface area contributed by atoms with Gasteiger partial charge in [-0.3, -0.25) is 14.6 Å². The second-order valence-electron chi connectivity index (χ2n) is 8.56. The SMILES string of the molecule is O=C(NCCC1CCCCC1)C1CCCN1C(=O)c1cccc(-c2cccnc2)c1. The van der Waals surface area contributed by atoms with Crippen molar-refractivity contribution in [2.75, 3.05) is 13.1 Å². The Morgan fingerprint density at radius 3 is 2.63 bits per heavy atom. The minimum absolute atomic E-state index is 0.0000680. The van der Waals surface area contributed by atoms with Gasteiger partial charge in [0.05, 0.1) is 0 Å². The number of benzene rings is 1. The number of rotatable bonds is 6. The highest BCUT2D eigenvalue weighted by Crippen LogP contribution is 2.26. The molecule has 2 heterocycles. The Bertz CT molecular complexity index is 862. The molecule has 4 rings (SSSR count). The predicted molar refractivity (Wildman–Crippen MR) is 118 cm³/mol. The van der Waals surface area contributed by atoms with Gasteiger partial charge in [0.25, 0.3) is 5.91 Å². The Morgan fingerprint density at radius 2 is 1.83 bits per heavy atom. The standard InChI is InChI=1S/C25H31N3O2/c29-24(27-15-13-19-7-2-1-3-8-19)23-12-6-16-28(23)25(30)21-10-4-9-20(17-21)22-11-5-14-26-18-22/h4-5,9-11,14,17-19,23H,1-3,6-8,12-13,15-16H2,(H,27,29). The Balaban J connectivity index is 1.38. The van der Waals surface area contributed by atoms with E-state index in [1.807, 2.05) is 36.4 Å². The van der Waals surface area contributed by atoms with Crippen LogP contribution in [0.4, 0.5) is 0 Å². The normalized spacial score (nSPS) is 19.6. The smallest absolute Gasteiger partial charge is 0.254 e. The van der Waals surface area contributed by atoms with E-state index < -0.39 is 0 Å². The molecule has 2 aromatic rings. The van der Waals surface area contributed by atoms with E-state index >= 15 is 0 Å². The number of carbonyl (C=O) groups is 2. The molecule has 1 unspecified atom stereocenters. The Labute approximate surface area is 178 Å². The van der Waals surface area contributed by atoms with E-state index in [1.165, 1.54) is 32.1 Å². The highest BCUT2D eigenvalue weighted by molar-refractivity contribution is 5.98. The van der Waals surface area contributed by atoms with Crippen molar-refractivity contribution in [3.8, 4) is 11.1 Å². The van der Waals surface area contributed by atoms with Gasteiger partial charge in [0.15, 0.2) is 0 Å². The summed E-state index contributed by atoms with van der Waals surface area (Å²) in [7, 11) is 0. The number of aromatic nitrogens is 1. The maximum atomic E-state index is 13.2. The topological polar surface area (TPSA) is 62.3 Å². The molecule has 5 nitrogen and oxygen atoms in total. The minimum atomic E-state index is -0.356. The largest absolute Gasteiger partial charge is 0.354 e. The fourth-order valence-electron chi connectivity index (χ4n) is 4.81. The zero-order valence-corrected chi connectivity index (χ0v) is 17.6. The third kappa shape index (κ3) is 4.89. The molecule has 1 aliphatic carbocycles. The summed E-state index contributed by atoms with van der Waals surface area (Å²) in [6.07, 6.45) is 12.8. The molecule has 0 bridgehead atoms. The van der Waals surface area contributed by atoms with E-state index in [1.54, 1.807) is 17.3 Å². The van der Waals surface area contributed by atoms with Gasteiger partial charge in [0.2, 0.25) is 5.91 Å². The van der Waals surface area contributed by atoms with Crippen LogP contribution < -0.4 is 5.32 Å². The fraction of sp³-hybridized carbons (Fsp3) is 0.480. The van der Waals surface area contributed by atoms with Gasteiger partial charge in [-0.15, -0.1) is 0 Å². The number of hydrogen-bond donors (Lipinski definition) is 1. The molecule has 1 aliphatic heterocycles. The molecule has 0 radical (unpaired) electrons. The third-order valence-corrected chi connectivity index (χ3v) is 6.50. The van der Waals surface area contributed by atoms with Crippen LogP contribution in [0.2, 0.25) is 0 Å². The van der Waals surface area contributed by atoms with Crippen molar-refractivity contribution >= 4 is 11.8 Å². The molecule has 1 saturated heterocycles. The highest BCUT2D eigenvalue weighted by Gasteiger charge is 2.34. The fourth-order valence-corrected chi connectivity index (χ4v) is 4.81. The molecule has 1 atom stereocenters. The molecule has 2 amide bonds. The van der Waals surface area contributed by atoms with Crippen LogP contribution in [-0.2, 0) is 4.79 Å². The Morgan fingerprint density at radius 1 is 1.00 bits per heavy atom. The Hall–Kier alpha value is -2.69. The van der Waals surface area contributed by atoms with Gasteiger partial charge < -0.3 is 10.2 Å². The van der Waals surface area contributed by atoms with Crippen LogP contribution in [0.1, 0.15) is 61.7 Å². The number of amides is 2. The van der Waals surface area contributed by atoms with Gasteiger partial charge in [0, 0.05) is 36.6 Å². The number of carbonyl (C=O) groups excluding carboxylic acids is 2. The van der Waals surface area contributed by atoms with Gasteiger partial charge in [-0.05, 0) is 48.9 Å². The lowest BCUT2D eigenvalue weighted by atomic mass is 9.87. The first-order valence-electron chi connectivity index (χ1n) is 11.3. The van der Waals surface area contributed by atoms with Crippen LogP contribution in [0.5, 0.6) is 0 Å². The van der Waals surface area contributed by atoms with Crippen LogP contribution in [0.3, 0.4) is 0 Å². The summed E-state index contributed by atoms with van der Waals surface area (Å²) in [6.45, 7) is 1.36. The Kier molecular flexibility index (Phi) is 6.77. The van der Waals surface area contributed by atoms with Crippen LogP contribution in [-0.4, -0.2) is 40.8 Å². The number of likely N-dealkylation sites (tertiary alicyclic amines) is 1. The van der Waals surface area contributed by atoms with Crippen LogP contribution in [0.15, 0.2) is 48.8 Å². The predicted octanol–water partition coefficient (Wildman–Crippen LogP) is 4.44. The van der Waals surface area contributed by atoms with E-state index in [0.29, 0.717) is 12.1 Å². The molecule has 1 saturated carbocycles. The lowest BCUT2D eigenvalue weighted by Gasteiger charge is -2.25. The van der Waals surface area contributed by atoms with Gasteiger partial charge in [-0.25, -0.2) is 0 Å². The third-order valence-electron chi connectivity index (χ3n) is 6.50. The van der Waals surface area contributed by atoms with E-state index in [2.05, 4.69) is 10.3 Å². The van der Waals surface area contributed by atoms with E-state index in [-0.39, 0.29) is 17.9 Å². The van der Waals surface area contributed by atoms with Gasteiger partial charge in [-0.1, -0.05) is 50.3 Å². The number of nitrogens with one attached hydrogen (secondary N) is 1. The molecule has 0 spiro atoms. The van der Waals surface area contributed by atoms with Crippen molar-refractivity contribution in [2.24, 2.45) is 5.92 Å². The molecular formula is C25H31N3O2. The average Bonchev–Trinajstić information content (AvgIpc) is 3.30. The monoisotopic (exact) mass is 405 g/mol. The zero-order chi connectivity index (χ0) is 20.8. The number of hydrogen-bond acceptors (Lipinski definition) is 3.